The summed E-state index contributed by atoms with van der Waals surface area (Å²) >= 11 is 0. The lowest BCUT2D eigenvalue weighted by atomic mass is 9.54. The summed E-state index contributed by atoms with van der Waals surface area (Å²) in [5.74, 6) is -0.145. The Morgan fingerprint density at radius 2 is 1.48 bits per heavy atom. The third-order valence-electron chi connectivity index (χ3n) is 9.70. The molecule has 7 heteroatoms. The summed E-state index contributed by atoms with van der Waals surface area (Å²) in [7, 11) is 0. The van der Waals surface area contributed by atoms with Crippen LogP contribution in [-0.4, -0.2) is 77.1 Å². The minimum absolute atomic E-state index is 0.000348. The highest BCUT2D eigenvalue weighted by Crippen LogP contribution is 2.57. The zero-order valence-electron chi connectivity index (χ0n) is 20.5. The van der Waals surface area contributed by atoms with Gasteiger partial charge in [-0.2, -0.15) is 0 Å². The van der Waals surface area contributed by atoms with E-state index in [1.807, 2.05) is 0 Å². The normalized spacial score (nSPS) is 50.0. The van der Waals surface area contributed by atoms with Gasteiger partial charge in [-0.1, -0.05) is 39.5 Å². The molecule has 0 spiro atoms. The second-order valence-corrected chi connectivity index (χ2v) is 11.8. The van der Waals surface area contributed by atoms with Crippen LogP contribution in [-0.2, 0) is 14.2 Å². The fourth-order valence-electron chi connectivity index (χ4n) is 7.35. The van der Waals surface area contributed by atoms with Crippen LogP contribution in [0.5, 0.6) is 0 Å². The molecule has 4 N–H and O–H groups in total. The third-order valence-corrected chi connectivity index (χ3v) is 9.70. The molecular formula is C26H46O7. The molecule has 7 nitrogen and oxygen atoms in total. The molecule has 0 radical (unpaired) electrons. The van der Waals surface area contributed by atoms with Crippen LogP contribution in [0, 0.1) is 22.7 Å². The highest BCUT2D eigenvalue weighted by Gasteiger charge is 2.52. The molecule has 10 unspecified atom stereocenters. The van der Waals surface area contributed by atoms with Crippen molar-refractivity contribution in [3.63, 3.8) is 0 Å². The zero-order chi connectivity index (χ0) is 23.6. The molecule has 0 aromatic rings. The first kappa shape index (κ1) is 25.8. The molecule has 0 amide bonds. The quantitative estimate of drug-likeness (QED) is 0.491. The molecule has 4 heterocycles. The maximum Gasteiger partial charge on any atom is 0.186 e. The highest BCUT2D eigenvalue weighted by molar-refractivity contribution is 5.00. The molecule has 5 aliphatic rings. The molecule has 10 atom stereocenters. The number of aliphatic hydroxyl groups is 4. The van der Waals surface area contributed by atoms with Gasteiger partial charge in [0.25, 0.3) is 0 Å². The highest BCUT2D eigenvalue weighted by atomic mass is 16.7. The van der Waals surface area contributed by atoms with Gasteiger partial charge in [0.2, 0.25) is 0 Å². The van der Waals surface area contributed by atoms with Gasteiger partial charge in [0.05, 0.1) is 37.6 Å². The van der Waals surface area contributed by atoms with Gasteiger partial charge >= 0.3 is 0 Å². The van der Waals surface area contributed by atoms with E-state index in [0.29, 0.717) is 18.9 Å². The van der Waals surface area contributed by atoms with E-state index in [2.05, 4.69) is 13.8 Å². The predicted molar refractivity (Wildman–Crippen MR) is 123 cm³/mol. The van der Waals surface area contributed by atoms with E-state index >= 15 is 0 Å². The molecule has 192 valence electrons. The summed E-state index contributed by atoms with van der Waals surface area (Å²) in [6.45, 7) is 5.09. The average molecular weight is 471 g/mol. The maximum absolute atomic E-state index is 11.0. The van der Waals surface area contributed by atoms with Crippen molar-refractivity contribution in [2.45, 2.75) is 121 Å². The second kappa shape index (κ2) is 10.8. The Morgan fingerprint density at radius 1 is 0.788 bits per heavy atom. The van der Waals surface area contributed by atoms with Gasteiger partial charge < -0.3 is 34.6 Å². The van der Waals surface area contributed by atoms with Crippen molar-refractivity contribution in [1.82, 2.24) is 0 Å². The number of fused-ring (bicyclic) bond motifs is 8. The average Bonchev–Trinajstić information content (AvgIpc) is 2.79. The van der Waals surface area contributed by atoms with Gasteiger partial charge in [-0.05, 0) is 61.7 Å². The van der Waals surface area contributed by atoms with Crippen molar-refractivity contribution in [3.8, 4) is 0 Å². The third kappa shape index (κ3) is 5.30. The van der Waals surface area contributed by atoms with Crippen LogP contribution >= 0.6 is 0 Å². The largest absolute Gasteiger partial charge is 0.394 e. The lowest BCUT2D eigenvalue weighted by Gasteiger charge is -2.54. The zero-order valence-corrected chi connectivity index (χ0v) is 20.5. The van der Waals surface area contributed by atoms with Gasteiger partial charge in [-0.15, -0.1) is 0 Å². The molecule has 1 saturated carbocycles. The second-order valence-electron chi connectivity index (χ2n) is 11.8. The summed E-state index contributed by atoms with van der Waals surface area (Å²) < 4.78 is 18.4. The molecule has 4 aliphatic heterocycles. The Balaban J connectivity index is 1.70. The Kier molecular flexibility index (Phi) is 8.42. The number of hydrogen-bond donors (Lipinski definition) is 4. The summed E-state index contributed by atoms with van der Waals surface area (Å²) in [4.78, 5) is 0. The lowest BCUT2D eigenvalue weighted by Crippen LogP contribution is -2.57. The topological polar surface area (TPSA) is 109 Å². The van der Waals surface area contributed by atoms with Crippen LogP contribution in [0.2, 0.25) is 0 Å². The first-order valence-corrected chi connectivity index (χ1v) is 13.3. The predicted octanol–water partition coefficient (Wildman–Crippen LogP) is 2.77. The van der Waals surface area contributed by atoms with Crippen LogP contribution in [0.4, 0.5) is 0 Å². The van der Waals surface area contributed by atoms with E-state index in [1.54, 1.807) is 0 Å². The minimum atomic E-state index is -1.16. The van der Waals surface area contributed by atoms with Gasteiger partial charge in [0.1, 0.15) is 6.10 Å². The van der Waals surface area contributed by atoms with Crippen molar-refractivity contribution in [2.75, 3.05) is 19.8 Å². The standard InChI is InChI=1S/C26H46O7/c1-25-9-5-3-4-8-17(13-25)20(15-27)32-18-12-19-21(16-28)33-24(23(30)22(19)29)31-11-7-6-10-26(25,2)14-18/h17-24,27-30H,3-16H2,1-2H3. The number of rotatable bonds is 2. The van der Waals surface area contributed by atoms with Gasteiger partial charge in [0, 0.05) is 12.5 Å². The molecule has 6 bridgehead atoms. The Bertz CT molecular complexity index is 630. The van der Waals surface area contributed by atoms with Crippen molar-refractivity contribution in [3.05, 3.63) is 0 Å². The summed E-state index contributed by atoms with van der Waals surface area (Å²) in [6, 6.07) is 0. The van der Waals surface area contributed by atoms with E-state index < -0.39 is 30.5 Å². The lowest BCUT2D eigenvalue weighted by molar-refractivity contribution is -0.294. The molecule has 5 rings (SSSR count). The fourth-order valence-corrected chi connectivity index (χ4v) is 7.35. The van der Waals surface area contributed by atoms with Crippen molar-refractivity contribution >= 4 is 0 Å². The van der Waals surface area contributed by atoms with E-state index in [4.69, 9.17) is 14.2 Å². The van der Waals surface area contributed by atoms with E-state index in [1.165, 1.54) is 25.7 Å². The number of aliphatic hydroxyl groups excluding tert-OH is 4. The van der Waals surface area contributed by atoms with Crippen LogP contribution in [0.1, 0.15) is 84.5 Å². The van der Waals surface area contributed by atoms with Gasteiger partial charge in [0.15, 0.2) is 6.29 Å². The SMILES string of the molecule is CC12CCCCOC3OC(CO)C(CC(C1)OC(CO)C1CCCCCC2(C)C1)C(O)C3O. The maximum atomic E-state index is 11.0. The molecule has 1 aliphatic carbocycles. The molecule has 33 heavy (non-hydrogen) atoms. The van der Waals surface area contributed by atoms with Crippen molar-refractivity contribution < 1.29 is 34.6 Å². The molecule has 4 saturated heterocycles. The smallest absolute Gasteiger partial charge is 0.186 e. The Hall–Kier alpha value is -0.280. The Morgan fingerprint density at radius 3 is 2.21 bits per heavy atom. The van der Waals surface area contributed by atoms with Gasteiger partial charge in [-0.25, -0.2) is 0 Å². The van der Waals surface area contributed by atoms with Crippen LogP contribution in [0.25, 0.3) is 0 Å². The van der Waals surface area contributed by atoms with Gasteiger partial charge in [-0.3, -0.25) is 0 Å². The van der Waals surface area contributed by atoms with E-state index in [-0.39, 0.29) is 36.3 Å². The first-order valence-electron chi connectivity index (χ1n) is 13.3. The first-order chi connectivity index (χ1) is 15.8. The summed E-state index contributed by atoms with van der Waals surface area (Å²) in [6.07, 6.45) is 7.10. The molecular weight excluding hydrogens is 424 g/mol. The summed E-state index contributed by atoms with van der Waals surface area (Å²) in [5.41, 5.74) is 0.205. The van der Waals surface area contributed by atoms with Crippen molar-refractivity contribution in [1.29, 1.82) is 0 Å². The number of ether oxygens (including phenoxy) is 3. The molecule has 0 aromatic carbocycles. The van der Waals surface area contributed by atoms with Crippen LogP contribution in [0.3, 0.4) is 0 Å². The molecule has 5 fully saturated rings. The van der Waals surface area contributed by atoms with Crippen molar-refractivity contribution in [2.24, 2.45) is 22.7 Å². The van der Waals surface area contributed by atoms with Crippen LogP contribution in [0.15, 0.2) is 0 Å². The minimum Gasteiger partial charge on any atom is -0.394 e. The van der Waals surface area contributed by atoms with E-state index in [0.717, 1.165) is 38.5 Å². The number of hydrogen-bond acceptors (Lipinski definition) is 7. The van der Waals surface area contributed by atoms with Crippen LogP contribution < -0.4 is 0 Å². The van der Waals surface area contributed by atoms with E-state index in [9.17, 15) is 20.4 Å². The fraction of sp³-hybridized carbons (Fsp3) is 1.00. The molecule has 0 aromatic heterocycles. The Labute approximate surface area is 198 Å². The monoisotopic (exact) mass is 470 g/mol. The summed E-state index contributed by atoms with van der Waals surface area (Å²) in [5, 5.41) is 42.0.